The molecule has 1 aromatic carbocycles. The highest BCUT2D eigenvalue weighted by molar-refractivity contribution is 5.65. The average molecular weight is 341 g/mol. The molecular weight excluding hydrogens is 318 g/mol. The van der Waals surface area contributed by atoms with Gasteiger partial charge in [-0.3, -0.25) is 4.90 Å². The minimum absolute atomic E-state index is 0.451. The summed E-state index contributed by atoms with van der Waals surface area (Å²) in [4.78, 5) is 15.1. The van der Waals surface area contributed by atoms with Crippen LogP contribution in [-0.2, 0) is 0 Å². The zero-order chi connectivity index (χ0) is 17.6. The Labute approximate surface area is 147 Å². The van der Waals surface area contributed by atoms with Crippen molar-refractivity contribution in [2.24, 2.45) is 11.8 Å². The Balaban J connectivity index is 1.40. The van der Waals surface area contributed by atoms with Crippen molar-refractivity contribution in [1.29, 1.82) is 5.26 Å². The molecule has 1 N–H and O–H groups in total. The molecule has 2 aliphatic rings. The lowest BCUT2D eigenvalue weighted by Gasteiger charge is -2.44. The van der Waals surface area contributed by atoms with E-state index in [9.17, 15) is 4.79 Å². The van der Waals surface area contributed by atoms with Gasteiger partial charge in [0.1, 0.15) is 12.4 Å². The normalized spacial score (nSPS) is 23.4. The summed E-state index contributed by atoms with van der Waals surface area (Å²) in [6.07, 6.45) is 4.47. The lowest BCUT2D eigenvalue weighted by molar-refractivity contribution is 0.0382. The summed E-state index contributed by atoms with van der Waals surface area (Å²) >= 11 is 0. The van der Waals surface area contributed by atoms with Crippen molar-refractivity contribution >= 4 is 6.09 Å². The van der Waals surface area contributed by atoms with Crippen molar-refractivity contribution in [2.75, 3.05) is 39.3 Å². The number of rotatable bonds is 5. The zero-order valence-electron chi connectivity index (χ0n) is 14.2. The van der Waals surface area contributed by atoms with E-state index < -0.39 is 6.09 Å². The van der Waals surface area contributed by atoms with Crippen molar-refractivity contribution in [3.8, 4) is 11.8 Å². The first-order valence-corrected chi connectivity index (χ1v) is 8.62. The molecule has 0 aromatic heterocycles. The van der Waals surface area contributed by atoms with E-state index in [2.05, 4.69) is 17.0 Å². The van der Waals surface area contributed by atoms with Gasteiger partial charge in [-0.25, -0.2) is 4.79 Å². The highest BCUT2D eigenvalue weighted by Gasteiger charge is 2.35. The van der Waals surface area contributed by atoms with Gasteiger partial charge in [0.2, 0.25) is 0 Å². The molecule has 2 fully saturated rings. The number of nitriles is 1. The fourth-order valence-electron chi connectivity index (χ4n) is 3.75. The van der Waals surface area contributed by atoms with E-state index in [4.69, 9.17) is 15.1 Å². The van der Waals surface area contributed by atoms with Gasteiger partial charge in [-0.15, -0.1) is 0 Å². The third-order valence-corrected chi connectivity index (χ3v) is 4.79. The molecule has 0 saturated carbocycles. The molecule has 2 aliphatic heterocycles. The molecular formula is C19H23N3O3. The van der Waals surface area contributed by atoms with E-state index in [1.165, 1.54) is 0 Å². The summed E-state index contributed by atoms with van der Waals surface area (Å²) in [6.45, 7) is 4.61. The predicted octanol–water partition coefficient (Wildman–Crippen LogP) is 2.42. The second-order valence-corrected chi connectivity index (χ2v) is 6.79. The molecule has 6 nitrogen and oxygen atoms in total. The van der Waals surface area contributed by atoms with Crippen molar-refractivity contribution < 1.29 is 14.6 Å². The largest absolute Gasteiger partial charge is 0.490 e. The van der Waals surface area contributed by atoms with Gasteiger partial charge in [-0.2, -0.15) is 5.26 Å². The van der Waals surface area contributed by atoms with Crippen LogP contribution in [0.15, 0.2) is 36.4 Å². The van der Waals surface area contributed by atoms with Crippen LogP contribution in [0, 0.1) is 23.2 Å². The van der Waals surface area contributed by atoms with Gasteiger partial charge >= 0.3 is 6.09 Å². The van der Waals surface area contributed by atoms with Gasteiger partial charge in [-0.1, -0.05) is 12.2 Å². The average Bonchev–Trinajstić information content (AvgIpc) is 2.61. The van der Waals surface area contributed by atoms with Gasteiger partial charge in [0.25, 0.3) is 0 Å². The smallest absolute Gasteiger partial charge is 0.407 e. The number of hydrogen-bond donors (Lipinski definition) is 1. The van der Waals surface area contributed by atoms with Crippen LogP contribution >= 0.6 is 0 Å². The van der Waals surface area contributed by atoms with Crippen LogP contribution in [0.25, 0.3) is 0 Å². The molecule has 0 aliphatic carbocycles. The molecule has 132 valence electrons. The van der Waals surface area contributed by atoms with Crippen molar-refractivity contribution in [3.63, 3.8) is 0 Å². The SMILES string of the molecule is N#Cc1ccc(OCC=CCN2CC3CC(C2)CN(C(=O)O)C3)cc1. The first kappa shape index (κ1) is 17.3. The van der Waals surface area contributed by atoms with E-state index in [-0.39, 0.29) is 0 Å². The van der Waals surface area contributed by atoms with E-state index >= 15 is 0 Å². The Hall–Kier alpha value is -2.52. The van der Waals surface area contributed by atoms with Gasteiger partial charge in [0, 0.05) is 32.7 Å². The summed E-state index contributed by atoms with van der Waals surface area (Å²) < 4.78 is 5.62. The molecule has 0 spiro atoms. The Kier molecular flexibility index (Phi) is 5.56. The molecule has 2 atom stereocenters. The molecule has 1 amide bonds. The number of amides is 1. The van der Waals surface area contributed by atoms with Gasteiger partial charge in [0.05, 0.1) is 11.6 Å². The van der Waals surface area contributed by atoms with Crippen LogP contribution in [0.5, 0.6) is 5.75 Å². The van der Waals surface area contributed by atoms with Crippen LogP contribution in [0.4, 0.5) is 4.79 Å². The van der Waals surface area contributed by atoms with E-state index in [1.807, 2.05) is 6.08 Å². The van der Waals surface area contributed by atoms with E-state index in [1.54, 1.807) is 29.2 Å². The maximum absolute atomic E-state index is 11.1. The Bertz CT molecular complexity index is 651. The monoisotopic (exact) mass is 341 g/mol. The molecule has 25 heavy (non-hydrogen) atoms. The number of fused-ring (bicyclic) bond motifs is 2. The molecule has 2 heterocycles. The van der Waals surface area contributed by atoms with Gasteiger partial charge in [-0.05, 0) is 42.5 Å². The van der Waals surface area contributed by atoms with Crippen molar-refractivity contribution in [3.05, 3.63) is 42.0 Å². The fraction of sp³-hybridized carbons (Fsp3) is 0.474. The summed E-state index contributed by atoms with van der Waals surface area (Å²) in [5.74, 6) is 1.66. The number of hydrogen-bond acceptors (Lipinski definition) is 4. The summed E-state index contributed by atoms with van der Waals surface area (Å²) in [7, 11) is 0. The maximum Gasteiger partial charge on any atom is 0.407 e. The van der Waals surface area contributed by atoms with Gasteiger partial charge in [0.15, 0.2) is 0 Å². The maximum atomic E-state index is 11.1. The Morgan fingerprint density at radius 2 is 1.88 bits per heavy atom. The molecule has 0 radical (unpaired) electrons. The van der Waals surface area contributed by atoms with Crippen LogP contribution in [-0.4, -0.2) is 60.3 Å². The summed E-state index contributed by atoms with van der Waals surface area (Å²) in [5.41, 5.74) is 0.625. The number of ether oxygens (including phenoxy) is 1. The zero-order valence-corrected chi connectivity index (χ0v) is 14.2. The predicted molar refractivity (Wildman–Crippen MR) is 93.4 cm³/mol. The lowest BCUT2D eigenvalue weighted by Crippen LogP contribution is -2.53. The topological polar surface area (TPSA) is 76.8 Å². The highest BCUT2D eigenvalue weighted by atomic mass is 16.5. The number of likely N-dealkylation sites (tertiary alicyclic amines) is 2. The van der Waals surface area contributed by atoms with E-state index in [0.29, 0.717) is 37.1 Å². The Morgan fingerprint density at radius 3 is 2.48 bits per heavy atom. The number of carboxylic acid groups (broad SMARTS) is 1. The first-order valence-electron chi connectivity index (χ1n) is 8.62. The van der Waals surface area contributed by atoms with E-state index in [0.717, 1.165) is 31.8 Å². The number of carbonyl (C=O) groups is 1. The standard InChI is InChI=1S/C19H23N3O3/c20-10-15-3-5-18(6-4-15)25-8-2-1-7-21-11-16-9-17(12-21)14-22(13-16)19(23)24/h1-6,16-17H,7-9,11-14H2,(H,23,24). The summed E-state index contributed by atoms with van der Waals surface area (Å²) in [6, 6.07) is 9.16. The molecule has 2 saturated heterocycles. The third-order valence-electron chi connectivity index (χ3n) is 4.79. The van der Waals surface area contributed by atoms with Crippen molar-refractivity contribution in [1.82, 2.24) is 9.80 Å². The number of nitrogens with zero attached hydrogens (tertiary/aromatic N) is 3. The second-order valence-electron chi connectivity index (χ2n) is 6.79. The van der Waals surface area contributed by atoms with Crippen LogP contribution in [0.3, 0.4) is 0 Å². The summed E-state index contributed by atoms with van der Waals surface area (Å²) in [5, 5.41) is 17.9. The second kappa shape index (κ2) is 8.04. The fourth-order valence-corrected chi connectivity index (χ4v) is 3.75. The highest BCUT2D eigenvalue weighted by Crippen LogP contribution is 2.28. The molecule has 2 bridgehead atoms. The van der Waals surface area contributed by atoms with Crippen molar-refractivity contribution in [2.45, 2.75) is 6.42 Å². The minimum atomic E-state index is -0.789. The third kappa shape index (κ3) is 4.74. The number of piperidine rings is 2. The van der Waals surface area contributed by atoms with Crippen LogP contribution in [0.2, 0.25) is 0 Å². The Morgan fingerprint density at radius 1 is 1.20 bits per heavy atom. The van der Waals surface area contributed by atoms with Gasteiger partial charge < -0.3 is 14.7 Å². The minimum Gasteiger partial charge on any atom is -0.490 e. The molecule has 1 aromatic rings. The molecule has 2 unspecified atom stereocenters. The van der Waals surface area contributed by atoms with Crippen LogP contribution in [0.1, 0.15) is 12.0 Å². The van der Waals surface area contributed by atoms with Crippen LogP contribution < -0.4 is 4.74 Å². The number of benzene rings is 1. The molecule has 6 heteroatoms. The lowest BCUT2D eigenvalue weighted by atomic mass is 9.85. The quantitative estimate of drug-likeness (QED) is 0.832. The first-order chi connectivity index (χ1) is 12.1. The molecule has 3 rings (SSSR count).